The molecule has 1 aliphatic rings. The molecule has 0 spiro atoms. The molecule has 1 fully saturated rings. The third-order valence-electron chi connectivity index (χ3n) is 3.60. The molecular formula is C14H15F4NO. The Labute approximate surface area is 114 Å². The molecule has 0 unspecified atom stereocenters. The summed E-state index contributed by atoms with van der Waals surface area (Å²) in [5.41, 5.74) is -1.59. The predicted molar refractivity (Wildman–Crippen MR) is 65.7 cm³/mol. The van der Waals surface area contributed by atoms with Gasteiger partial charge in [0.2, 0.25) is 0 Å². The van der Waals surface area contributed by atoms with E-state index < -0.39 is 29.0 Å². The predicted octanol–water partition coefficient (Wildman–Crippen LogP) is 3.76. The van der Waals surface area contributed by atoms with Gasteiger partial charge in [0.25, 0.3) is 5.91 Å². The van der Waals surface area contributed by atoms with Gasteiger partial charge in [-0.25, -0.2) is 4.39 Å². The quantitative estimate of drug-likeness (QED) is 0.840. The number of halogens is 4. The summed E-state index contributed by atoms with van der Waals surface area (Å²) in [7, 11) is 0. The van der Waals surface area contributed by atoms with Crippen LogP contribution in [0.2, 0.25) is 0 Å². The largest absolute Gasteiger partial charge is 0.416 e. The molecule has 0 saturated heterocycles. The van der Waals surface area contributed by atoms with Crippen LogP contribution in [0.4, 0.5) is 17.6 Å². The maximum atomic E-state index is 13.4. The lowest BCUT2D eigenvalue weighted by Gasteiger charge is -2.25. The van der Waals surface area contributed by atoms with Crippen LogP contribution in [0.15, 0.2) is 18.2 Å². The Kier molecular flexibility index (Phi) is 4.30. The summed E-state index contributed by atoms with van der Waals surface area (Å²) in [6, 6.07) is 1.85. The van der Waals surface area contributed by atoms with Crippen LogP contribution in [-0.2, 0) is 6.18 Å². The Balaban J connectivity index is 2.00. The molecular weight excluding hydrogens is 274 g/mol. The second-order valence-corrected chi connectivity index (χ2v) is 5.03. The smallest absolute Gasteiger partial charge is 0.352 e. The Bertz CT molecular complexity index is 494. The first-order chi connectivity index (χ1) is 9.38. The molecule has 1 aromatic rings. The van der Waals surface area contributed by atoms with Crippen molar-refractivity contribution in [3.05, 3.63) is 35.1 Å². The molecule has 6 heteroatoms. The average Bonchev–Trinajstić information content (AvgIpc) is 2.31. The van der Waals surface area contributed by atoms with Crippen LogP contribution in [0, 0.1) is 11.7 Å². The zero-order chi connectivity index (χ0) is 14.8. The molecule has 110 valence electrons. The molecule has 0 radical (unpaired) electrons. The van der Waals surface area contributed by atoms with Gasteiger partial charge in [-0.3, -0.25) is 4.79 Å². The highest BCUT2D eigenvalue weighted by Gasteiger charge is 2.31. The summed E-state index contributed by atoms with van der Waals surface area (Å²) in [5.74, 6) is -1.17. The second-order valence-electron chi connectivity index (χ2n) is 5.03. The first-order valence-corrected chi connectivity index (χ1v) is 6.53. The van der Waals surface area contributed by atoms with Crippen LogP contribution in [0.3, 0.4) is 0 Å². The average molecular weight is 289 g/mol. The fourth-order valence-corrected chi connectivity index (χ4v) is 2.14. The van der Waals surface area contributed by atoms with Crippen molar-refractivity contribution in [1.29, 1.82) is 0 Å². The Hall–Kier alpha value is -1.59. The van der Waals surface area contributed by atoms with E-state index >= 15 is 0 Å². The monoisotopic (exact) mass is 289 g/mol. The zero-order valence-corrected chi connectivity index (χ0v) is 10.8. The van der Waals surface area contributed by atoms with Gasteiger partial charge >= 0.3 is 6.18 Å². The van der Waals surface area contributed by atoms with Crippen molar-refractivity contribution in [2.75, 3.05) is 6.54 Å². The normalized spacial score (nSPS) is 15.8. The van der Waals surface area contributed by atoms with Gasteiger partial charge in [0.15, 0.2) is 0 Å². The van der Waals surface area contributed by atoms with Gasteiger partial charge in [0.05, 0.1) is 11.1 Å². The number of alkyl halides is 3. The van der Waals surface area contributed by atoms with E-state index in [-0.39, 0.29) is 0 Å². The molecule has 2 rings (SSSR count). The number of hydrogen-bond acceptors (Lipinski definition) is 1. The first-order valence-electron chi connectivity index (χ1n) is 6.53. The van der Waals surface area contributed by atoms with Crippen molar-refractivity contribution >= 4 is 5.91 Å². The highest BCUT2D eigenvalue weighted by molar-refractivity contribution is 5.94. The third kappa shape index (κ3) is 3.49. The van der Waals surface area contributed by atoms with Crippen molar-refractivity contribution in [2.24, 2.45) is 5.92 Å². The summed E-state index contributed by atoms with van der Waals surface area (Å²) >= 11 is 0. The maximum absolute atomic E-state index is 13.4. The van der Waals surface area contributed by atoms with Gasteiger partial charge in [-0.05, 0) is 30.5 Å². The van der Waals surface area contributed by atoms with E-state index in [1.54, 1.807) is 0 Å². The fourth-order valence-electron chi connectivity index (χ4n) is 2.14. The van der Waals surface area contributed by atoms with Crippen molar-refractivity contribution in [3.63, 3.8) is 0 Å². The van der Waals surface area contributed by atoms with E-state index in [9.17, 15) is 22.4 Å². The fraction of sp³-hybridized carbons (Fsp3) is 0.500. The number of hydrogen-bond donors (Lipinski definition) is 1. The first kappa shape index (κ1) is 14.8. The highest BCUT2D eigenvalue weighted by atomic mass is 19.4. The molecule has 0 aromatic heterocycles. The van der Waals surface area contributed by atoms with Crippen LogP contribution >= 0.6 is 0 Å². The summed E-state index contributed by atoms with van der Waals surface area (Å²) in [6.45, 7) is 0.360. The van der Waals surface area contributed by atoms with Crippen molar-refractivity contribution in [2.45, 2.75) is 31.9 Å². The molecule has 1 saturated carbocycles. The number of amides is 1. The molecule has 2 nitrogen and oxygen atoms in total. The van der Waals surface area contributed by atoms with Crippen molar-refractivity contribution < 1.29 is 22.4 Å². The Morgan fingerprint density at radius 3 is 2.55 bits per heavy atom. The minimum atomic E-state index is -4.59. The maximum Gasteiger partial charge on any atom is 0.416 e. The SMILES string of the molecule is O=C(NCCC1CCC1)c1cc(C(F)(F)F)ccc1F. The van der Waals surface area contributed by atoms with Crippen LogP contribution in [-0.4, -0.2) is 12.5 Å². The lowest BCUT2D eigenvalue weighted by Crippen LogP contribution is -2.28. The van der Waals surface area contributed by atoms with Crippen LogP contribution in [0.5, 0.6) is 0 Å². The Morgan fingerprint density at radius 1 is 1.30 bits per heavy atom. The molecule has 0 aliphatic heterocycles. The van der Waals surface area contributed by atoms with Gasteiger partial charge in [0.1, 0.15) is 5.82 Å². The van der Waals surface area contributed by atoms with Gasteiger partial charge in [-0.1, -0.05) is 19.3 Å². The van der Waals surface area contributed by atoms with E-state index in [0.29, 0.717) is 30.7 Å². The Morgan fingerprint density at radius 2 is 2.00 bits per heavy atom. The van der Waals surface area contributed by atoms with Gasteiger partial charge in [-0.15, -0.1) is 0 Å². The van der Waals surface area contributed by atoms with Gasteiger partial charge in [0, 0.05) is 6.54 Å². The van der Waals surface area contributed by atoms with E-state index in [1.165, 1.54) is 6.42 Å². The number of benzene rings is 1. The highest BCUT2D eigenvalue weighted by Crippen LogP contribution is 2.30. The lowest BCUT2D eigenvalue weighted by atomic mass is 9.83. The van der Waals surface area contributed by atoms with Crippen LogP contribution in [0.1, 0.15) is 41.6 Å². The van der Waals surface area contributed by atoms with Gasteiger partial charge < -0.3 is 5.32 Å². The lowest BCUT2D eigenvalue weighted by molar-refractivity contribution is -0.137. The number of nitrogens with one attached hydrogen (secondary N) is 1. The van der Waals surface area contributed by atoms with E-state index in [0.717, 1.165) is 19.3 Å². The molecule has 0 bridgehead atoms. The minimum absolute atomic E-state index is 0.360. The third-order valence-corrected chi connectivity index (χ3v) is 3.60. The number of carbonyl (C=O) groups is 1. The number of carbonyl (C=O) groups excluding carboxylic acids is 1. The van der Waals surface area contributed by atoms with E-state index in [4.69, 9.17) is 0 Å². The van der Waals surface area contributed by atoms with Crippen LogP contribution < -0.4 is 5.32 Å². The molecule has 1 aromatic carbocycles. The molecule has 0 atom stereocenters. The molecule has 20 heavy (non-hydrogen) atoms. The second kappa shape index (κ2) is 5.81. The standard InChI is InChI=1S/C14H15F4NO/c15-12-5-4-10(14(16,17)18)8-11(12)13(20)19-7-6-9-2-1-3-9/h4-5,8-9H,1-3,6-7H2,(H,19,20). The summed E-state index contributed by atoms with van der Waals surface area (Å²) in [4.78, 5) is 11.7. The van der Waals surface area contributed by atoms with E-state index in [2.05, 4.69) is 5.32 Å². The molecule has 1 aliphatic carbocycles. The van der Waals surface area contributed by atoms with Gasteiger partial charge in [-0.2, -0.15) is 13.2 Å². The molecule has 0 heterocycles. The summed E-state index contributed by atoms with van der Waals surface area (Å²) in [6.07, 6.45) is -0.385. The molecule has 1 N–H and O–H groups in total. The summed E-state index contributed by atoms with van der Waals surface area (Å²) in [5, 5.41) is 2.47. The number of rotatable bonds is 4. The van der Waals surface area contributed by atoms with Crippen molar-refractivity contribution in [1.82, 2.24) is 5.32 Å². The zero-order valence-electron chi connectivity index (χ0n) is 10.8. The van der Waals surface area contributed by atoms with E-state index in [1.807, 2.05) is 0 Å². The van der Waals surface area contributed by atoms with Crippen LogP contribution in [0.25, 0.3) is 0 Å². The minimum Gasteiger partial charge on any atom is -0.352 e. The topological polar surface area (TPSA) is 29.1 Å². The van der Waals surface area contributed by atoms with Crippen molar-refractivity contribution in [3.8, 4) is 0 Å². The summed E-state index contributed by atoms with van der Waals surface area (Å²) < 4.78 is 51.0. The molecule has 1 amide bonds.